The zero-order chi connectivity index (χ0) is 9.10. The summed E-state index contributed by atoms with van der Waals surface area (Å²) in [7, 11) is 0. The van der Waals surface area contributed by atoms with E-state index in [1.807, 2.05) is 6.07 Å². The van der Waals surface area contributed by atoms with Gasteiger partial charge >= 0.3 is 0 Å². The summed E-state index contributed by atoms with van der Waals surface area (Å²) in [5.74, 6) is 5.60. The second-order valence-electron chi connectivity index (χ2n) is 2.53. The Kier molecular flexibility index (Phi) is 1.94. The van der Waals surface area contributed by atoms with Gasteiger partial charge in [0.05, 0.1) is 24.5 Å². The van der Waals surface area contributed by atoms with Gasteiger partial charge < -0.3 is 5.73 Å². The van der Waals surface area contributed by atoms with Crippen LogP contribution in [0.3, 0.4) is 0 Å². The minimum atomic E-state index is 0.352. The van der Waals surface area contributed by atoms with Crippen molar-refractivity contribution in [2.24, 2.45) is 5.73 Å². The highest BCUT2D eigenvalue weighted by Gasteiger charge is 1.95. The highest BCUT2D eigenvalue weighted by molar-refractivity contribution is 5.77. The van der Waals surface area contributed by atoms with Crippen LogP contribution in [-0.2, 0) is 0 Å². The normalized spacial score (nSPS) is 9.62. The zero-order valence-corrected chi connectivity index (χ0v) is 6.91. The number of aromatic amines is 1. The molecule has 0 aliphatic rings. The highest BCUT2D eigenvalue weighted by atomic mass is 15.1. The third-order valence-corrected chi connectivity index (χ3v) is 1.64. The molecule has 0 aromatic carbocycles. The summed E-state index contributed by atoms with van der Waals surface area (Å²) in [5.41, 5.74) is 6.89. The Morgan fingerprint density at radius 3 is 3.23 bits per heavy atom. The van der Waals surface area contributed by atoms with Crippen LogP contribution in [0.1, 0.15) is 5.69 Å². The lowest BCUT2D eigenvalue weighted by atomic mass is 10.3. The van der Waals surface area contributed by atoms with Gasteiger partial charge in [0.2, 0.25) is 0 Å². The fraction of sp³-hybridized carbons (Fsp3) is 0.111. The second kappa shape index (κ2) is 3.25. The molecule has 3 N–H and O–H groups in total. The molecule has 0 spiro atoms. The summed E-state index contributed by atoms with van der Waals surface area (Å²) in [6, 6.07) is 1.88. The van der Waals surface area contributed by atoms with Gasteiger partial charge in [0.1, 0.15) is 5.69 Å². The number of aromatic nitrogens is 3. The Labute approximate surface area is 75.2 Å². The van der Waals surface area contributed by atoms with Crippen molar-refractivity contribution in [1.82, 2.24) is 15.2 Å². The number of fused-ring (bicyclic) bond motifs is 1. The average molecular weight is 172 g/mol. The molecular weight excluding hydrogens is 164 g/mol. The molecule has 0 atom stereocenters. The molecule has 2 aromatic rings. The van der Waals surface area contributed by atoms with Crippen molar-refractivity contribution in [2.45, 2.75) is 0 Å². The summed E-state index contributed by atoms with van der Waals surface area (Å²) < 4.78 is 0. The molecule has 64 valence electrons. The van der Waals surface area contributed by atoms with Gasteiger partial charge in [0, 0.05) is 5.39 Å². The largest absolute Gasteiger partial charge is 0.320 e. The lowest BCUT2D eigenvalue weighted by Crippen LogP contribution is -1.93. The third kappa shape index (κ3) is 1.50. The minimum Gasteiger partial charge on any atom is -0.320 e. The van der Waals surface area contributed by atoms with Crippen molar-refractivity contribution < 1.29 is 0 Å². The molecule has 0 aliphatic carbocycles. The molecule has 2 aromatic heterocycles. The van der Waals surface area contributed by atoms with Crippen LogP contribution < -0.4 is 5.73 Å². The minimum absolute atomic E-state index is 0.352. The first kappa shape index (κ1) is 7.77. The van der Waals surface area contributed by atoms with Crippen molar-refractivity contribution in [1.29, 1.82) is 0 Å². The molecule has 13 heavy (non-hydrogen) atoms. The van der Waals surface area contributed by atoms with E-state index in [4.69, 9.17) is 5.73 Å². The van der Waals surface area contributed by atoms with Crippen molar-refractivity contribution in [3.05, 3.63) is 24.2 Å². The Morgan fingerprint density at radius 1 is 1.46 bits per heavy atom. The predicted octanol–water partition coefficient (Wildman–Crippen LogP) is 0.268. The first-order chi connectivity index (χ1) is 6.40. The molecule has 2 rings (SSSR count). The highest BCUT2D eigenvalue weighted by Crippen LogP contribution is 2.08. The van der Waals surface area contributed by atoms with Crippen LogP contribution in [0.25, 0.3) is 10.9 Å². The quantitative estimate of drug-likeness (QED) is 0.560. The van der Waals surface area contributed by atoms with Gasteiger partial charge in [0.25, 0.3) is 0 Å². The van der Waals surface area contributed by atoms with Crippen molar-refractivity contribution >= 4 is 10.9 Å². The third-order valence-electron chi connectivity index (χ3n) is 1.64. The second-order valence-corrected chi connectivity index (χ2v) is 2.53. The standard InChI is InChI=1S/C9H8N4/c10-3-1-2-8-4-7-5-12-13-9(7)6-11-8/h4-6H,3,10H2,(H,12,13). The SMILES string of the molecule is NCC#Cc1cc2cn[nH]c2cn1. The Bertz CT molecular complexity index is 475. The van der Waals surface area contributed by atoms with Crippen LogP contribution in [0, 0.1) is 11.8 Å². The number of nitrogens with zero attached hydrogens (tertiary/aromatic N) is 2. The molecular formula is C9H8N4. The Hall–Kier alpha value is -1.86. The van der Waals surface area contributed by atoms with E-state index in [1.54, 1.807) is 12.4 Å². The van der Waals surface area contributed by atoms with E-state index in [1.165, 1.54) is 0 Å². The number of hydrogen-bond donors (Lipinski definition) is 2. The number of H-pyrrole nitrogens is 1. The molecule has 0 saturated heterocycles. The van der Waals surface area contributed by atoms with E-state index in [2.05, 4.69) is 27.0 Å². The van der Waals surface area contributed by atoms with Crippen LogP contribution >= 0.6 is 0 Å². The molecule has 0 aliphatic heterocycles. The van der Waals surface area contributed by atoms with Gasteiger partial charge in [-0.25, -0.2) is 4.98 Å². The fourth-order valence-corrected chi connectivity index (χ4v) is 1.05. The maximum absolute atomic E-state index is 5.25. The van der Waals surface area contributed by atoms with Crippen LogP contribution in [0.5, 0.6) is 0 Å². The Morgan fingerprint density at radius 2 is 2.38 bits per heavy atom. The molecule has 0 saturated carbocycles. The van der Waals surface area contributed by atoms with Gasteiger partial charge in [-0.2, -0.15) is 5.10 Å². The molecule has 0 amide bonds. The van der Waals surface area contributed by atoms with Gasteiger partial charge in [-0.15, -0.1) is 0 Å². The smallest absolute Gasteiger partial charge is 0.113 e. The summed E-state index contributed by atoms with van der Waals surface area (Å²) in [6.45, 7) is 0.352. The molecule has 0 radical (unpaired) electrons. The topological polar surface area (TPSA) is 67.6 Å². The molecule has 2 heterocycles. The molecule has 4 heteroatoms. The number of rotatable bonds is 0. The number of pyridine rings is 1. The van der Waals surface area contributed by atoms with E-state index in [-0.39, 0.29) is 0 Å². The fourth-order valence-electron chi connectivity index (χ4n) is 1.05. The van der Waals surface area contributed by atoms with Crippen molar-refractivity contribution in [3.8, 4) is 11.8 Å². The first-order valence-corrected chi connectivity index (χ1v) is 3.88. The van der Waals surface area contributed by atoms with E-state index < -0.39 is 0 Å². The van der Waals surface area contributed by atoms with E-state index >= 15 is 0 Å². The average Bonchev–Trinajstić information content (AvgIpc) is 2.61. The maximum atomic E-state index is 5.25. The van der Waals surface area contributed by atoms with Gasteiger partial charge in [-0.1, -0.05) is 5.92 Å². The van der Waals surface area contributed by atoms with E-state index in [0.717, 1.165) is 16.6 Å². The first-order valence-electron chi connectivity index (χ1n) is 3.88. The number of nitrogens with one attached hydrogen (secondary N) is 1. The lowest BCUT2D eigenvalue weighted by molar-refractivity contribution is 1.11. The van der Waals surface area contributed by atoms with Gasteiger partial charge in [-0.05, 0) is 12.0 Å². The zero-order valence-electron chi connectivity index (χ0n) is 6.91. The van der Waals surface area contributed by atoms with Crippen LogP contribution in [0.15, 0.2) is 18.5 Å². The summed E-state index contributed by atoms with van der Waals surface area (Å²) >= 11 is 0. The predicted molar refractivity (Wildman–Crippen MR) is 49.8 cm³/mol. The van der Waals surface area contributed by atoms with Crippen molar-refractivity contribution in [3.63, 3.8) is 0 Å². The van der Waals surface area contributed by atoms with E-state index in [0.29, 0.717) is 6.54 Å². The van der Waals surface area contributed by atoms with E-state index in [9.17, 15) is 0 Å². The summed E-state index contributed by atoms with van der Waals surface area (Å²) in [4.78, 5) is 4.12. The Balaban J connectivity index is 2.48. The molecule has 0 unspecified atom stereocenters. The van der Waals surface area contributed by atoms with Crippen LogP contribution in [0.2, 0.25) is 0 Å². The van der Waals surface area contributed by atoms with Crippen LogP contribution in [0.4, 0.5) is 0 Å². The van der Waals surface area contributed by atoms with Gasteiger partial charge in [-0.3, -0.25) is 5.10 Å². The van der Waals surface area contributed by atoms with Gasteiger partial charge in [0.15, 0.2) is 0 Å². The monoisotopic (exact) mass is 172 g/mol. The van der Waals surface area contributed by atoms with Crippen molar-refractivity contribution in [2.75, 3.05) is 6.54 Å². The molecule has 0 fully saturated rings. The molecule has 4 nitrogen and oxygen atoms in total. The van der Waals surface area contributed by atoms with Crippen LogP contribution in [-0.4, -0.2) is 21.7 Å². The number of hydrogen-bond acceptors (Lipinski definition) is 3. The summed E-state index contributed by atoms with van der Waals surface area (Å²) in [5, 5.41) is 7.71. The summed E-state index contributed by atoms with van der Waals surface area (Å²) in [6.07, 6.45) is 3.45. The maximum Gasteiger partial charge on any atom is 0.113 e. The lowest BCUT2D eigenvalue weighted by Gasteiger charge is -1.89. The number of nitrogens with two attached hydrogens (primary N) is 1. The molecule has 0 bridgehead atoms.